The van der Waals surface area contributed by atoms with Crippen LogP contribution >= 0.6 is 15.9 Å². The van der Waals surface area contributed by atoms with Gasteiger partial charge in [-0.1, -0.05) is 0 Å². The van der Waals surface area contributed by atoms with Gasteiger partial charge >= 0.3 is 0 Å². The summed E-state index contributed by atoms with van der Waals surface area (Å²) in [7, 11) is 4.65. The molecule has 0 spiro atoms. The smallest absolute Gasteiger partial charge is 0.203 e. The molecule has 7 nitrogen and oxygen atoms in total. The number of aliphatic hydroxyl groups is 1. The first kappa shape index (κ1) is 19.1. The molecule has 1 aromatic carbocycles. The zero-order valence-corrected chi connectivity index (χ0v) is 15.9. The van der Waals surface area contributed by atoms with E-state index in [2.05, 4.69) is 32.3 Å². The second-order valence-corrected chi connectivity index (χ2v) is 5.85. The Bertz CT molecular complexity index is 783. The number of hydrogen-bond donors (Lipinski definition) is 3. The van der Waals surface area contributed by atoms with E-state index in [-0.39, 0.29) is 6.61 Å². The Morgan fingerprint density at radius 3 is 2.48 bits per heavy atom. The highest BCUT2D eigenvalue weighted by Crippen LogP contribution is 2.47. The van der Waals surface area contributed by atoms with Crippen molar-refractivity contribution < 1.29 is 19.3 Å². The average molecular weight is 410 g/mol. The highest BCUT2D eigenvalue weighted by Gasteiger charge is 2.24. The largest absolute Gasteiger partial charge is 0.493 e. The molecular formula is C17H20BrN3O4. The van der Waals surface area contributed by atoms with Crippen LogP contribution in [0.1, 0.15) is 11.4 Å². The fraction of sp³-hybridized carbons (Fsp3) is 0.353. The van der Waals surface area contributed by atoms with Crippen LogP contribution in [0.5, 0.6) is 17.2 Å². The molecular weight excluding hydrogens is 390 g/mol. The minimum absolute atomic E-state index is 0.0298. The zero-order chi connectivity index (χ0) is 18.4. The molecule has 0 aliphatic carbocycles. The molecule has 2 rings (SSSR count). The van der Waals surface area contributed by atoms with Crippen LogP contribution in [0.25, 0.3) is 11.1 Å². The first-order valence-electron chi connectivity index (χ1n) is 7.54. The molecule has 0 fully saturated rings. The van der Waals surface area contributed by atoms with Crippen LogP contribution in [0.2, 0.25) is 0 Å². The lowest BCUT2D eigenvalue weighted by Gasteiger charge is -2.16. The zero-order valence-electron chi connectivity index (χ0n) is 14.3. The molecule has 0 aliphatic heterocycles. The molecule has 0 bridgehead atoms. The molecule has 25 heavy (non-hydrogen) atoms. The second-order valence-electron chi connectivity index (χ2n) is 5.06. The summed E-state index contributed by atoms with van der Waals surface area (Å²) < 4.78 is 17.0. The fourth-order valence-electron chi connectivity index (χ4n) is 2.61. The van der Waals surface area contributed by atoms with Crippen LogP contribution in [0.4, 0.5) is 0 Å². The Morgan fingerprint density at radius 1 is 1.20 bits per heavy atom. The van der Waals surface area contributed by atoms with E-state index in [4.69, 9.17) is 19.3 Å². The Kier molecular flexibility index (Phi) is 6.70. The average Bonchev–Trinajstić information content (AvgIpc) is 2.95. The summed E-state index contributed by atoms with van der Waals surface area (Å²) >= 11 is 3.49. The van der Waals surface area contributed by atoms with Gasteiger partial charge in [0.05, 0.1) is 32.4 Å². The lowest BCUT2D eigenvalue weighted by molar-refractivity contribution is 0.291. The number of nitrogens with one attached hydrogen (secondary N) is 2. The van der Waals surface area contributed by atoms with Gasteiger partial charge in [-0.2, -0.15) is 5.26 Å². The molecule has 0 saturated carbocycles. The molecule has 134 valence electrons. The molecule has 0 amide bonds. The van der Waals surface area contributed by atoms with Gasteiger partial charge in [0, 0.05) is 29.9 Å². The maximum Gasteiger partial charge on any atom is 0.203 e. The first-order valence-corrected chi connectivity index (χ1v) is 8.33. The van der Waals surface area contributed by atoms with Gasteiger partial charge in [-0.15, -0.1) is 0 Å². The summed E-state index contributed by atoms with van der Waals surface area (Å²) in [6.07, 6.45) is 0. The molecule has 0 aliphatic rings. The van der Waals surface area contributed by atoms with E-state index in [1.54, 1.807) is 27.4 Å². The lowest BCUT2D eigenvalue weighted by Crippen LogP contribution is -2.18. The van der Waals surface area contributed by atoms with Crippen LogP contribution in [-0.4, -0.2) is 44.6 Å². The minimum Gasteiger partial charge on any atom is -0.493 e. The monoisotopic (exact) mass is 409 g/mol. The van der Waals surface area contributed by atoms with Crippen LogP contribution in [0.3, 0.4) is 0 Å². The number of aromatic nitrogens is 1. The van der Waals surface area contributed by atoms with Gasteiger partial charge in [-0.25, -0.2) is 0 Å². The van der Waals surface area contributed by atoms with Gasteiger partial charge in [0.2, 0.25) is 5.75 Å². The number of H-pyrrole nitrogens is 1. The number of halogens is 1. The van der Waals surface area contributed by atoms with Crippen LogP contribution in [0.15, 0.2) is 16.6 Å². The van der Waals surface area contributed by atoms with E-state index in [1.807, 2.05) is 6.07 Å². The van der Waals surface area contributed by atoms with E-state index < -0.39 is 0 Å². The molecule has 1 aromatic heterocycles. The predicted octanol–water partition coefficient (Wildman–Crippen LogP) is 2.42. The number of aliphatic hydroxyl groups excluding tert-OH is 1. The van der Waals surface area contributed by atoms with E-state index in [0.29, 0.717) is 40.5 Å². The summed E-state index contributed by atoms with van der Waals surface area (Å²) in [6.45, 7) is 0.927. The topological polar surface area (TPSA) is 99.5 Å². The highest BCUT2D eigenvalue weighted by atomic mass is 79.9. The third kappa shape index (κ3) is 3.74. The third-order valence-corrected chi connectivity index (χ3v) is 4.49. The molecule has 3 N–H and O–H groups in total. The van der Waals surface area contributed by atoms with Crippen molar-refractivity contribution in [2.75, 3.05) is 34.5 Å². The number of nitrogens with zero attached hydrogens (tertiary/aromatic N) is 1. The van der Waals surface area contributed by atoms with Crippen molar-refractivity contribution in [1.82, 2.24) is 10.3 Å². The van der Waals surface area contributed by atoms with Crippen LogP contribution in [0, 0.1) is 11.3 Å². The molecule has 0 saturated heterocycles. The maximum atomic E-state index is 9.34. The summed E-state index contributed by atoms with van der Waals surface area (Å²) in [5, 5.41) is 21.4. The van der Waals surface area contributed by atoms with Crippen molar-refractivity contribution in [1.29, 1.82) is 5.26 Å². The van der Waals surface area contributed by atoms with Gasteiger partial charge in [0.25, 0.3) is 0 Å². The Hall–Kier alpha value is -2.21. The van der Waals surface area contributed by atoms with Gasteiger partial charge in [0.1, 0.15) is 11.8 Å². The SMILES string of the molecule is COc1ccc(-c2c(CNCCO)[nH]c(C#N)c2Br)c(OC)c1OC. The maximum absolute atomic E-state index is 9.34. The van der Waals surface area contributed by atoms with Crippen molar-refractivity contribution in [3.8, 4) is 34.4 Å². The Labute approximate surface area is 154 Å². The Morgan fingerprint density at radius 2 is 1.92 bits per heavy atom. The number of benzene rings is 1. The number of rotatable bonds is 8. The van der Waals surface area contributed by atoms with Gasteiger partial charge < -0.3 is 29.6 Å². The summed E-state index contributed by atoms with van der Waals surface area (Å²) in [5.74, 6) is 1.54. The van der Waals surface area contributed by atoms with Crippen LogP contribution < -0.4 is 19.5 Å². The predicted molar refractivity (Wildman–Crippen MR) is 97.1 cm³/mol. The van der Waals surface area contributed by atoms with Crippen molar-refractivity contribution in [2.45, 2.75) is 6.54 Å². The number of hydrogen-bond acceptors (Lipinski definition) is 6. The van der Waals surface area contributed by atoms with Gasteiger partial charge in [0.15, 0.2) is 11.5 Å². The van der Waals surface area contributed by atoms with E-state index in [9.17, 15) is 5.26 Å². The van der Waals surface area contributed by atoms with Crippen molar-refractivity contribution >= 4 is 15.9 Å². The molecule has 8 heteroatoms. The van der Waals surface area contributed by atoms with Crippen molar-refractivity contribution in [2.24, 2.45) is 0 Å². The van der Waals surface area contributed by atoms with Crippen molar-refractivity contribution in [3.63, 3.8) is 0 Å². The Balaban J connectivity index is 2.64. The molecule has 2 aromatic rings. The number of aromatic amines is 1. The normalized spacial score (nSPS) is 10.4. The van der Waals surface area contributed by atoms with E-state index in [0.717, 1.165) is 16.8 Å². The van der Waals surface area contributed by atoms with E-state index >= 15 is 0 Å². The van der Waals surface area contributed by atoms with E-state index in [1.165, 1.54) is 0 Å². The molecule has 0 atom stereocenters. The standard InChI is InChI=1S/C17H20BrN3O4/c1-23-13-5-4-10(16(24-2)17(13)25-3)14-12(9-20-6-7-22)21-11(8-19)15(14)18/h4-5,20-22H,6-7,9H2,1-3H3. The lowest BCUT2D eigenvalue weighted by atomic mass is 10.0. The molecule has 1 heterocycles. The van der Waals surface area contributed by atoms with Crippen LogP contribution in [-0.2, 0) is 6.54 Å². The van der Waals surface area contributed by atoms with Gasteiger partial charge in [-0.3, -0.25) is 0 Å². The fourth-order valence-corrected chi connectivity index (χ4v) is 3.25. The quantitative estimate of drug-likeness (QED) is 0.578. The highest BCUT2D eigenvalue weighted by molar-refractivity contribution is 9.10. The number of ether oxygens (including phenoxy) is 3. The summed E-state index contributed by atoms with van der Waals surface area (Å²) in [6, 6.07) is 5.77. The van der Waals surface area contributed by atoms with Crippen molar-refractivity contribution in [3.05, 3.63) is 28.0 Å². The molecule has 0 radical (unpaired) electrons. The molecule has 0 unspecified atom stereocenters. The summed E-state index contributed by atoms with van der Waals surface area (Å²) in [5.41, 5.74) is 2.75. The second kappa shape index (κ2) is 8.76. The minimum atomic E-state index is 0.0298. The third-order valence-electron chi connectivity index (χ3n) is 3.69. The van der Waals surface area contributed by atoms with Gasteiger partial charge in [-0.05, 0) is 28.1 Å². The number of nitriles is 1. The first-order chi connectivity index (χ1) is 12.1. The number of methoxy groups -OCH3 is 3. The summed E-state index contributed by atoms with van der Waals surface area (Å²) in [4.78, 5) is 3.09.